The number of aromatic hydroxyl groups is 2. The second kappa shape index (κ2) is 12.6. The van der Waals surface area contributed by atoms with E-state index in [1.807, 2.05) is 6.07 Å². The maximum Gasteiger partial charge on any atom is 0.227 e. The van der Waals surface area contributed by atoms with Crippen LogP contribution in [0, 0.1) is 12.8 Å². The van der Waals surface area contributed by atoms with E-state index in [1.54, 1.807) is 19.1 Å². The summed E-state index contributed by atoms with van der Waals surface area (Å²) in [4.78, 5) is 27.7. The maximum absolute atomic E-state index is 13.0. The molecular formula is C30H36N2O6. The molecule has 38 heavy (non-hydrogen) atoms. The van der Waals surface area contributed by atoms with E-state index in [9.17, 15) is 19.8 Å². The Bertz CT molecular complexity index is 1280. The molecule has 0 aliphatic carbocycles. The van der Waals surface area contributed by atoms with Crippen LogP contribution in [0.15, 0.2) is 63.8 Å². The molecular weight excluding hydrogens is 484 g/mol. The summed E-state index contributed by atoms with van der Waals surface area (Å²) in [6.45, 7) is 5.23. The molecule has 1 atom stereocenters. The molecule has 1 aliphatic heterocycles. The van der Waals surface area contributed by atoms with Crippen molar-refractivity contribution < 1.29 is 24.2 Å². The lowest BCUT2D eigenvalue weighted by atomic mass is 9.91. The SMILES string of the molecule is COc1cc([C@H](CC(=O)NCCC2CCN(Cc3ccccc3)CC2)c2oc(C)cc(=O)c2O)ccc1O. The van der Waals surface area contributed by atoms with Crippen LogP contribution in [0.25, 0.3) is 0 Å². The Morgan fingerprint density at radius 2 is 1.87 bits per heavy atom. The average Bonchev–Trinajstić information content (AvgIpc) is 2.91. The second-order valence-corrected chi connectivity index (χ2v) is 9.97. The lowest BCUT2D eigenvalue weighted by molar-refractivity contribution is -0.121. The average molecular weight is 521 g/mol. The highest BCUT2D eigenvalue weighted by molar-refractivity contribution is 5.77. The van der Waals surface area contributed by atoms with Crippen molar-refractivity contribution in [1.29, 1.82) is 0 Å². The number of phenolic OH excluding ortho intramolecular Hbond substituents is 1. The molecule has 4 rings (SSSR count). The summed E-state index contributed by atoms with van der Waals surface area (Å²) in [5.74, 6) is -0.405. The van der Waals surface area contributed by atoms with E-state index in [4.69, 9.17) is 9.15 Å². The number of ether oxygens (including phenoxy) is 1. The minimum atomic E-state index is -0.738. The molecule has 2 aromatic carbocycles. The molecule has 0 spiro atoms. The Balaban J connectivity index is 1.36. The lowest BCUT2D eigenvalue weighted by Gasteiger charge is -2.32. The third kappa shape index (κ3) is 6.95. The van der Waals surface area contributed by atoms with Crippen LogP contribution in [0.5, 0.6) is 17.2 Å². The fraction of sp³-hybridized carbons (Fsp3) is 0.400. The number of amides is 1. The number of piperidine rings is 1. The van der Waals surface area contributed by atoms with Crippen LogP contribution in [-0.2, 0) is 11.3 Å². The summed E-state index contributed by atoms with van der Waals surface area (Å²) in [7, 11) is 1.43. The molecule has 0 radical (unpaired) electrons. The predicted octanol–water partition coefficient (Wildman–Crippen LogP) is 4.31. The number of nitrogens with one attached hydrogen (secondary N) is 1. The molecule has 1 aromatic heterocycles. The van der Waals surface area contributed by atoms with Gasteiger partial charge in [0.05, 0.1) is 13.0 Å². The number of likely N-dealkylation sites (tertiary alicyclic amines) is 1. The van der Waals surface area contributed by atoms with E-state index < -0.39 is 17.1 Å². The molecule has 3 aromatic rings. The lowest BCUT2D eigenvalue weighted by Crippen LogP contribution is -2.35. The largest absolute Gasteiger partial charge is 0.504 e. The van der Waals surface area contributed by atoms with Gasteiger partial charge in [-0.05, 0) is 68.5 Å². The van der Waals surface area contributed by atoms with Crippen LogP contribution < -0.4 is 15.5 Å². The number of rotatable bonds is 10. The number of carbonyl (C=O) groups excluding carboxylic acids is 1. The number of nitrogens with zero attached hydrogens (tertiary/aromatic N) is 1. The van der Waals surface area contributed by atoms with Crippen molar-refractivity contribution in [2.24, 2.45) is 5.92 Å². The molecule has 202 valence electrons. The first-order valence-electron chi connectivity index (χ1n) is 13.1. The topological polar surface area (TPSA) is 112 Å². The number of hydrogen-bond acceptors (Lipinski definition) is 7. The zero-order chi connectivity index (χ0) is 27.1. The number of aryl methyl sites for hydroxylation is 1. The van der Waals surface area contributed by atoms with Crippen molar-refractivity contribution in [2.45, 2.75) is 45.1 Å². The fourth-order valence-corrected chi connectivity index (χ4v) is 5.08. The third-order valence-electron chi connectivity index (χ3n) is 7.22. The highest BCUT2D eigenvalue weighted by Gasteiger charge is 2.27. The normalized spacial score (nSPS) is 15.2. The third-order valence-corrected chi connectivity index (χ3v) is 7.22. The highest BCUT2D eigenvalue weighted by Crippen LogP contribution is 2.37. The van der Waals surface area contributed by atoms with Crippen LogP contribution in [0.1, 0.15) is 54.2 Å². The summed E-state index contributed by atoms with van der Waals surface area (Å²) in [6.07, 6.45) is 3.05. The van der Waals surface area contributed by atoms with Crippen molar-refractivity contribution in [3.63, 3.8) is 0 Å². The van der Waals surface area contributed by atoms with E-state index in [2.05, 4.69) is 34.5 Å². The maximum atomic E-state index is 13.0. The minimum absolute atomic E-state index is 0.0173. The van der Waals surface area contributed by atoms with Gasteiger partial charge in [-0.2, -0.15) is 0 Å². The van der Waals surface area contributed by atoms with Crippen molar-refractivity contribution >= 4 is 5.91 Å². The van der Waals surface area contributed by atoms with Gasteiger partial charge in [0.25, 0.3) is 0 Å². The Morgan fingerprint density at radius 1 is 1.13 bits per heavy atom. The Morgan fingerprint density at radius 3 is 2.58 bits per heavy atom. The molecule has 1 saturated heterocycles. The summed E-state index contributed by atoms with van der Waals surface area (Å²) in [5, 5.41) is 23.5. The number of methoxy groups -OCH3 is 1. The van der Waals surface area contributed by atoms with Crippen LogP contribution in [0.2, 0.25) is 0 Å². The van der Waals surface area contributed by atoms with Gasteiger partial charge >= 0.3 is 0 Å². The zero-order valence-electron chi connectivity index (χ0n) is 22.0. The number of benzene rings is 2. The molecule has 8 nitrogen and oxygen atoms in total. The van der Waals surface area contributed by atoms with Crippen LogP contribution in [0.3, 0.4) is 0 Å². The molecule has 0 unspecified atom stereocenters. The van der Waals surface area contributed by atoms with Gasteiger partial charge < -0.3 is 24.7 Å². The number of hydrogen-bond donors (Lipinski definition) is 3. The smallest absolute Gasteiger partial charge is 0.227 e. The molecule has 2 heterocycles. The molecule has 0 saturated carbocycles. The van der Waals surface area contributed by atoms with Crippen molar-refractivity contribution in [3.05, 3.63) is 87.5 Å². The molecule has 1 amide bonds. The summed E-state index contributed by atoms with van der Waals surface area (Å²) < 4.78 is 10.9. The summed E-state index contributed by atoms with van der Waals surface area (Å²) in [5.41, 5.74) is 1.33. The Labute approximate surface area is 222 Å². The predicted molar refractivity (Wildman–Crippen MR) is 145 cm³/mol. The Hall–Kier alpha value is -3.78. The van der Waals surface area contributed by atoms with E-state index in [0.717, 1.165) is 38.9 Å². The van der Waals surface area contributed by atoms with Crippen LogP contribution in [-0.4, -0.2) is 47.8 Å². The van der Waals surface area contributed by atoms with Gasteiger partial charge in [-0.3, -0.25) is 14.5 Å². The zero-order valence-corrected chi connectivity index (χ0v) is 22.0. The van der Waals surface area contributed by atoms with Gasteiger partial charge in [0.15, 0.2) is 17.3 Å². The first-order chi connectivity index (χ1) is 18.3. The molecule has 3 N–H and O–H groups in total. The van der Waals surface area contributed by atoms with Gasteiger partial charge in [-0.25, -0.2) is 0 Å². The van der Waals surface area contributed by atoms with Crippen LogP contribution in [0.4, 0.5) is 0 Å². The van der Waals surface area contributed by atoms with Gasteiger partial charge in [0.1, 0.15) is 5.76 Å². The molecule has 1 aliphatic rings. The van der Waals surface area contributed by atoms with Crippen molar-refractivity contribution in [2.75, 3.05) is 26.7 Å². The highest BCUT2D eigenvalue weighted by atomic mass is 16.5. The van der Waals surface area contributed by atoms with Gasteiger partial charge in [0.2, 0.25) is 17.1 Å². The summed E-state index contributed by atoms with van der Waals surface area (Å²) in [6, 6.07) is 16.4. The quantitative estimate of drug-likeness (QED) is 0.365. The van der Waals surface area contributed by atoms with Gasteiger partial charge in [0, 0.05) is 25.6 Å². The minimum Gasteiger partial charge on any atom is -0.504 e. The van der Waals surface area contributed by atoms with Crippen molar-refractivity contribution in [3.8, 4) is 17.2 Å². The number of phenols is 1. The van der Waals surface area contributed by atoms with E-state index in [1.165, 1.54) is 24.8 Å². The van der Waals surface area contributed by atoms with Gasteiger partial charge in [-0.1, -0.05) is 36.4 Å². The first-order valence-corrected chi connectivity index (χ1v) is 13.1. The summed E-state index contributed by atoms with van der Waals surface area (Å²) >= 11 is 0. The fourth-order valence-electron chi connectivity index (χ4n) is 5.08. The Kier molecular flexibility index (Phi) is 9.07. The molecule has 1 fully saturated rings. The standard InChI is InChI=1S/C30H36N2O6/c1-20-16-26(34)29(36)30(38-20)24(23-8-9-25(33)27(17-23)37-2)18-28(35)31-13-10-21-11-14-32(15-12-21)19-22-6-4-3-5-7-22/h3-9,16-17,21,24,33,36H,10-15,18-19H2,1-2H3,(H,31,35)/t24-/m0/s1. The van der Waals surface area contributed by atoms with Crippen molar-refractivity contribution in [1.82, 2.24) is 10.2 Å². The monoisotopic (exact) mass is 520 g/mol. The van der Waals surface area contributed by atoms with E-state index >= 15 is 0 Å². The molecule has 8 heteroatoms. The second-order valence-electron chi connectivity index (χ2n) is 9.97. The van der Waals surface area contributed by atoms with Crippen LogP contribution >= 0.6 is 0 Å². The van der Waals surface area contributed by atoms with E-state index in [-0.39, 0.29) is 29.6 Å². The van der Waals surface area contributed by atoms with Gasteiger partial charge in [-0.15, -0.1) is 0 Å². The molecule has 0 bridgehead atoms. The van der Waals surface area contributed by atoms with E-state index in [0.29, 0.717) is 23.8 Å². The first kappa shape index (κ1) is 27.3. The number of carbonyl (C=O) groups is 1.